The molecule has 0 saturated carbocycles. The molecule has 0 unspecified atom stereocenters. The summed E-state index contributed by atoms with van der Waals surface area (Å²) in [7, 11) is 0. The van der Waals surface area contributed by atoms with Crippen LogP contribution in [0.5, 0.6) is 0 Å². The van der Waals surface area contributed by atoms with Crippen LogP contribution in [0, 0.1) is 6.92 Å². The predicted octanol–water partition coefficient (Wildman–Crippen LogP) is 4.12. The second-order valence-corrected chi connectivity index (χ2v) is 6.41. The molecule has 0 aliphatic rings. The zero-order valence-electron chi connectivity index (χ0n) is 14.0. The van der Waals surface area contributed by atoms with Gasteiger partial charge in [-0.25, -0.2) is 14.6 Å². The molecule has 0 spiro atoms. The normalized spacial score (nSPS) is 11.7. The Balaban J connectivity index is 2.01. The lowest BCUT2D eigenvalue weighted by Gasteiger charge is -2.05. The van der Waals surface area contributed by atoms with Crippen molar-refractivity contribution in [3.05, 3.63) is 48.3 Å². The number of anilines is 1. The first-order valence-corrected chi connectivity index (χ1v) is 8.04. The molecule has 24 heavy (non-hydrogen) atoms. The van der Waals surface area contributed by atoms with E-state index in [2.05, 4.69) is 67.1 Å². The SMILES string of the molecule is Cc1ccc2cc(-c3nn(C(C)C)c4ncnc(N)c34)ccc2c1. The summed E-state index contributed by atoms with van der Waals surface area (Å²) in [4.78, 5) is 8.55. The zero-order valence-corrected chi connectivity index (χ0v) is 14.0. The molecule has 2 aromatic heterocycles. The Morgan fingerprint density at radius 3 is 2.54 bits per heavy atom. The van der Waals surface area contributed by atoms with E-state index in [1.165, 1.54) is 22.7 Å². The molecule has 2 N–H and O–H groups in total. The summed E-state index contributed by atoms with van der Waals surface area (Å²) in [5, 5.41) is 8.00. The molecule has 0 bridgehead atoms. The van der Waals surface area contributed by atoms with Gasteiger partial charge >= 0.3 is 0 Å². The van der Waals surface area contributed by atoms with E-state index in [4.69, 9.17) is 10.8 Å². The van der Waals surface area contributed by atoms with E-state index in [-0.39, 0.29) is 6.04 Å². The van der Waals surface area contributed by atoms with Crippen molar-refractivity contribution in [3.8, 4) is 11.3 Å². The Hall–Kier alpha value is -2.95. The van der Waals surface area contributed by atoms with Crippen LogP contribution in [-0.2, 0) is 0 Å². The number of hydrogen-bond acceptors (Lipinski definition) is 4. The maximum absolute atomic E-state index is 6.14. The monoisotopic (exact) mass is 317 g/mol. The standard InChI is InChI=1S/C19H19N5/c1-11(2)24-19-16(18(20)21-10-22-19)17(23-24)15-7-6-13-8-12(3)4-5-14(13)9-15/h4-11H,1-3H3,(H2,20,21,22). The topological polar surface area (TPSA) is 69.6 Å². The van der Waals surface area contributed by atoms with Crippen LogP contribution in [0.25, 0.3) is 33.1 Å². The van der Waals surface area contributed by atoms with E-state index in [1.54, 1.807) is 0 Å². The van der Waals surface area contributed by atoms with Gasteiger partial charge in [0.25, 0.3) is 0 Å². The Kier molecular flexibility index (Phi) is 3.23. The summed E-state index contributed by atoms with van der Waals surface area (Å²) in [6.07, 6.45) is 1.49. The first-order chi connectivity index (χ1) is 11.5. The highest BCUT2D eigenvalue weighted by atomic mass is 15.3. The zero-order chi connectivity index (χ0) is 16.8. The summed E-state index contributed by atoms with van der Waals surface area (Å²) < 4.78 is 1.90. The van der Waals surface area contributed by atoms with Crippen molar-refractivity contribution in [2.24, 2.45) is 0 Å². The summed E-state index contributed by atoms with van der Waals surface area (Å²) in [6.45, 7) is 6.26. The summed E-state index contributed by atoms with van der Waals surface area (Å²) >= 11 is 0. The minimum Gasteiger partial charge on any atom is -0.383 e. The van der Waals surface area contributed by atoms with Crippen LogP contribution in [0.4, 0.5) is 5.82 Å². The highest BCUT2D eigenvalue weighted by Gasteiger charge is 2.18. The van der Waals surface area contributed by atoms with Crippen molar-refractivity contribution in [1.82, 2.24) is 19.7 Å². The van der Waals surface area contributed by atoms with Crippen molar-refractivity contribution >= 4 is 27.6 Å². The van der Waals surface area contributed by atoms with E-state index in [0.29, 0.717) is 5.82 Å². The Bertz CT molecular complexity index is 1060. The predicted molar refractivity (Wildman–Crippen MR) is 97.8 cm³/mol. The van der Waals surface area contributed by atoms with Gasteiger partial charge in [0, 0.05) is 11.6 Å². The smallest absolute Gasteiger partial charge is 0.164 e. The Labute approximate surface area is 140 Å². The summed E-state index contributed by atoms with van der Waals surface area (Å²) in [5.41, 5.74) is 10.0. The molecule has 0 saturated heterocycles. The fourth-order valence-electron chi connectivity index (χ4n) is 3.07. The van der Waals surface area contributed by atoms with Crippen molar-refractivity contribution in [1.29, 1.82) is 0 Å². The minimum absolute atomic E-state index is 0.193. The average Bonchev–Trinajstić information content (AvgIpc) is 2.95. The third-order valence-corrected chi connectivity index (χ3v) is 4.28. The second kappa shape index (κ2) is 5.30. The maximum Gasteiger partial charge on any atom is 0.164 e. The van der Waals surface area contributed by atoms with Gasteiger partial charge in [0.15, 0.2) is 5.65 Å². The number of aryl methyl sites for hydroxylation is 1. The number of benzene rings is 2. The number of aromatic nitrogens is 4. The molecule has 0 aliphatic heterocycles. The van der Waals surface area contributed by atoms with Crippen LogP contribution < -0.4 is 5.73 Å². The molecule has 0 fully saturated rings. The highest BCUT2D eigenvalue weighted by Crippen LogP contribution is 2.33. The van der Waals surface area contributed by atoms with Crippen LogP contribution in [0.15, 0.2) is 42.7 Å². The van der Waals surface area contributed by atoms with Crippen LogP contribution >= 0.6 is 0 Å². The second-order valence-electron chi connectivity index (χ2n) is 6.41. The molecule has 0 atom stereocenters. The number of nitrogen functional groups attached to an aromatic ring is 1. The molecule has 0 amide bonds. The maximum atomic E-state index is 6.14. The number of nitrogens with two attached hydrogens (primary N) is 1. The van der Waals surface area contributed by atoms with E-state index >= 15 is 0 Å². The van der Waals surface area contributed by atoms with Crippen LogP contribution in [0.1, 0.15) is 25.5 Å². The average molecular weight is 317 g/mol. The number of fused-ring (bicyclic) bond motifs is 2. The molecule has 0 aliphatic carbocycles. The molecule has 5 nitrogen and oxygen atoms in total. The van der Waals surface area contributed by atoms with E-state index in [9.17, 15) is 0 Å². The number of nitrogens with zero attached hydrogens (tertiary/aromatic N) is 4. The van der Waals surface area contributed by atoms with Gasteiger partial charge in [0.05, 0.1) is 5.39 Å². The molecule has 0 radical (unpaired) electrons. The molecule has 5 heteroatoms. The van der Waals surface area contributed by atoms with Gasteiger partial charge < -0.3 is 5.73 Å². The van der Waals surface area contributed by atoms with E-state index < -0.39 is 0 Å². The molecule has 2 aromatic carbocycles. The molecule has 4 rings (SSSR count). The number of hydrogen-bond donors (Lipinski definition) is 1. The molecular weight excluding hydrogens is 298 g/mol. The number of rotatable bonds is 2. The van der Waals surface area contributed by atoms with Crippen molar-refractivity contribution in [2.75, 3.05) is 5.73 Å². The quantitative estimate of drug-likeness (QED) is 0.604. The van der Waals surface area contributed by atoms with Gasteiger partial charge in [0.2, 0.25) is 0 Å². The van der Waals surface area contributed by atoms with Gasteiger partial charge in [-0.3, -0.25) is 0 Å². The lowest BCUT2D eigenvalue weighted by Crippen LogP contribution is -2.04. The first-order valence-electron chi connectivity index (χ1n) is 8.04. The van der Waals surface area contributed by atoms with Crippen molar-refractivity contribution < 1.29 is 0 Å². The van der Waals surface area contributed by atoms with Crippen molar-refractivity contribution in [2.45, 2.75) is 26.8 Å². The molecular formula is C19H19N5. The first kappa shape index (κ1) is 14.6. The molecule has 4 aromatic rings. The fourth-order valence-corrected chi connectivity index (χ4v) is 3.07. The minimum atomic E-state index is 0.193. The Morgan fingerprint density at radius 2 is 1.75 bits per heavy atom. The highest BCUT2D eigenvalue weighted by molar-refractivity contribution is 6.00. The van der Waals surface area contributed by atoms with Gasteiger partial charge in [-0.1, -0.05) is 35.9 Å². The van der Waals surface area contributed by atoms with E-state index in [1.807, 2.05) is 4.68 Å². The molecule has 120 valence electrons. The third-order valence-electron chi connectivity index (χ3n) is 4.28. The summed E-state index contributed by atoms with van der Waals surface area (Å²) in [5.74, 6) is 0.464. The van der Waals surface area contributed by atoms with Crippen LogP contribution in [0.2, 0.25) is 0 Å². The Morgan fingerprint density at radius 1 is 1.00 bits per heavy atom. The van der Waals surface area contributed by atoms with E-state index in [0.717, 1.165) is 22.3 Å². The van der Waals surface area contributed by atoms with Gasteiger partial charge in [-0.05, 0) is 37.6 Å². The van der Waals surface area contributed by atoms with Crippen LogP contribution in [-0.4, -0.2) is 19.7 Å². The van der Waals surface area contributed by atoms with Crippen LogP contribution in [0.3, 0.4) is 0 Å². The lowest BCUT2D eigenvalue weighted by atomic mass is 10.0. The fraction of sp³-hybridized carbons (Fsp3) is 0.211. The van der Waals surface area contributed by atoms with Gasteiger partial charge in [-0.2, -0.15) is 5.10 Å². The summed E-state index contributed by atoms with van der Waals surface area (Å²) in [6, 6.07) is 13.0. The third kappa shape index (κ3) is 2.21. The largest absolute Gasteiger partial charge is 0.383 e. The lowest BCUT2D eigenvalue weighted by molar-refractivity contribution is 0.548. The van der Waals surface area contributed by atoms with Crippen molar-refractivity contribution in [3.63, 3.8) is 0 Å². The molecule has 2 heterocycles. The van der Waals surface area contributed by atoms with Gasteiger partial charge in [0.1, 0.15) is 17.8 Å². The van der Waals surface area contributed by atoms with Gasteiger partial charge in [-0.15, -0.1) is 0 Å².